The van der Waals surface area contributed by atoms with Crippen molar-refractivity contribution in [3.05, 3.63) is 59.2 Å². The number of carbonyl (C=O) groups excluding carboxylic acids is 2. The molecule has 2 aromatic carbocycles. The Kier molecular flexibility index (Phi) is 3.22. The summed E-state index contributed by atoms with van der Waals surface area (Å²) in [6.45, 7) is 0. The number of likely N-dealkylation sites (N-methyl/N-ethyl adjacent to an activating group) is 1. The van der Waals surface area contributed by atoms with Crippen molar-refractivity contribution < 1.29 is 14.3 Å². The first-order valence-corrected chi connectivity index (χ1v) is 6.68. The lowest BCUT2D eigenvalue weighted by atomic mass is 10.00. The molecule has 0 radical (unpaired) electrons. The lowest BCUT2D eigenvalue weighted by molar-refractivity contribution is -0.117. The smallest absolute Gasteiger partial charge is 0.231 e. The van der Waals surface area contributed by atoms with Gasteiger partial charge in [-0.2, -0.15) is 0 Å². The van der Waals surface area contributed by atoms with E-state index in [9.17, 15) is 9.59 Å². The van der Waals surface area contributed by atoms with Crippen LogP contribution in [-0.2, 0) is 11.2 Å². The lowest BCUT2D eigenvalue weighted by Crippen LogP contribution is -2.20. The second-order valence-electron chi connectivity index (χ2n) is 5.03. The lowest BCUT2D eigenvalue weighted by Gasteiger charge is -2.10. The van der Waals surface area contributed by atoms with E-state index in [2.05, 4.69) is 0 Å². The van der Waals surface area contributed by atoms with Crippen LogP contribution in [0.3, 0.4) is 0 Å². The molecule has 0 N–H and O–H groups in total. The predicted molar refractivity (Wildman–Crippen MR) is 80.0 cm³/mol. The van der Waals surface area contributed by atoms with Crippen LogP contribution in [-0.4, -0.2) is 25.8 Å². The van der Waals surface area contributed by atoms with Crippen LogP contribution in [0.5, 0.6) is 5.75 Å². The average molecular weight is 281 g/mol. The highest BCUT2D eigenvalue weighted by molar-refractivity contribution is 6.10. The average Bonchev–Trinajstić information content (AvgIpc) is 2.81. The first-order chi connectivity index (χ1) is 10.1. The molecule has 1 heterocycles. The summed E-state index contributed by atoms with van der Waals surface area (Å²) in [5.74, 6) is 0.717. The molecular formula is C17H15NO3. The van der Waals surface area contributed by atoms with Crippen molar-refractivity contribution in [2.24, 2.45) is 0 Å². The number of methoxy groups -OCH3 is 1. The third-order valence-electron chi connectivity index (χ3n) is 3.77. The second kappa shape index (κ2) is 5.05. The minimum Gasteiger partial charge on any atom is -0.497 e. The molecular weight excluding hydrogens is 266 g/mol. The van der Waals surface area contributed by atoms with Gasteiger partial charge in [0.25, 0.3) is 0 Å². The SMILES string of the molecule is COc1ccc(C(=O)c2ccc3c(c2)CC(=O)N3C)cc1. The fourth-order valence-electron chi connectivity index (χ4n) is 2.52. The standard InChI is InChI=1S/C17H15NO3/c1-18-15-8-5-12(9-13(15)10-16(18)19)17(20)11-3-6-14(21-2)7-4-11/h3-9H,10H2,1-2H3. The first-order valence-electron chi connectivity index (χ1n) is 6.68. The molecule has 0 saturated carbocycles. The van der Waals surface area contributed by atoms with Gasteiger partial charge < -0.3 is 9.64 Å². The van der Waals surface area contributed by atoms with Crippen LogP contribution in [0, 0.1) is 0 Å². The Bertz CT molecular complexity index is 719. The van der Waals surface area contributed by atoms with Crippen molar-refractivity contribution in [2.75, 3.05) is 19.1 Å². The van der Waals surface area contributed by atoms with Gasteiger partial charge in [-0.25, -0.2) is 0 Å². The zero-order valence-electron chi connectivity index (χ0n) is 11.9. The van der Waals surface area contributed by atoms with Gasteiger partial charge in [0, 0.05) is 23.9 Å². The van der Waals surface area contributed by atoms with Gasteiger partial charge in [0.05, 0.1) is 13.5 Å². The van der Waals surface area contributed by atoms with Crippen molar-refractivity contribution in [3.8, 4) is 5.75 Å². The molecule has 21 heavy (non-hydrogen) atoms. The summed E-state index contributed by atoms with van der Waals surface area (Å²) in [5.41, 5.74) is 2.99. The molecule has 4 nitrogen and oxygen atoms in total. The molecule has 0 saturated heterocycles. The molecule has 0 aromatic heterocycles. The molecule has 3 rings (SSSR count). The van der Waals surface area contributed by atoms with Crippen LogP contribution >= 0.6 is 0 Å². The fourth-order valence-corrected chi connectivity index (χ4v) is 2.52. The largest absolute Gasteiger partial charge is 0.497 e. The maximum Gasteiger partial charge on any atom is 0.231 e. The van der Waals surface area contributed by atoms with Crippen LogP contribution in [0.25, 0.3) is 0 Å². The Balaban J connectivity index is 1.92. The number of fused-ring (bicyclic) bond motifs is 1. The molecule has 106 valence electrons. The molecule has 0 bridgehead atoms. The summed E-state index contributed by atoms with van der Waals surface area (Å²) in [5, 5.41) is 0. The Morgan fingerprint density at radius 3 is 2.43 bits per heavy atom. The third kappa shape index (κ3) is 2.29. The quantitative estimate of drug-likeness (QED) is 0.812. The maximum atomic E-state index is 12.5. The first kappa shape index (κ1) is 13.4. The highest BCUT2D eigenvalue weighted by Gasteiger charge is 2.24. The van der Waals surface area contributed by atoms with E-state index in [4.69, 9.17) is 4.74 Å². The molecule has 0 aliphatic carbocycles. The van der Waals surface area contributed by atoms with E-state index in [1.165, 1.54) is 0 Å². The van der Waals surface area contributed by atoms with E-state index in [1.54, 1.807) is 49.4 Å². The topological polar surface area (TPSA) is 46.6 Å². The van der Waals surface area contributed by atoms with E-state index in [0.717, 1.165) is 11.3 Å². The molecule has 0 unspecified atom stereocenters. The normalized spacial score (nSPS) is 13.2. The maximum absolute atomic E-state index is 12.5. The number of hydrogen-bond acceptors (Lipinski definition) is 3. The van der Waals surface area contributed by atoms with Gasteiger partial charge >= 0.3 is 0 Å². The highest BCUT2D eigenvalue weighted by atomic mass is 16.5. The monoisotopic (exact) mass is 281 g/mol. The number of ether oxygens (including phenoxy) is 1. The number of nitrogens with zero attached hydrogens (tertiary/aromatic N) is 1. The Morgan fingerprint density at radius 2 is 1.76 bits per heavy atom. The van der Waals surface area contributed by atoms with Crippen molar-refractivity contribution in [1.29, 1.82) is 0 Å². The van der Waals surface area contributed by atoms with Crippen LogP contribution in [0.2, 0.25) is 0 Å². The molecule has 0 fully saturated rings. The van der Waals surface area contributed by atoms with Gasteiger partial charge in [-0.1, -0.05) is 0 Å². The Hall–Kier alpha value is -2.62. The van der Waals surface area contributed by atoms with E-state index in [1.807, 2.05) is 12.1 Å². The summed E-state index contributed by atoms with van der Waals surface area (Å²) < 4.78 is 5.08. The molecule has 2 aromatic rings. The number of ketones is 1. The van der Waals surface area contributed by atoms with Crippen molar-refractivity contribution >= 4 is 17.4 Å². The molecule has 1 aliphatic heterocycles. The second-order valence-corrected chi connectivity index (χ2v) is 5.03. The van der Waals surface area contributed by atoms with Gasteiger partial charge in [-0.05, 0) is 48.0 Å². The Labute approximate surface area is 123 Å². The summed E-state index contributed by atoms with van der Waals surface area (Å²) in [4.78, 5) is 25.8. The number of benzene rings is 2. The van der Waals surface area contributed by atoms with E-state index < -0.39 is 0 Å². The highest BCUT2D eigenvalue weighted by Crippen LogP contribution is 2.29. The van der Waals surface area contributed by atoms with Crippen molar-refractivity contribution in [1.82, 2.24) is 0 Å². The summed E-state index contributed by atoms with van der Waals surface area (Å²) in [7, 11) is 3.34. The number of anilines is 1. The third-order valence-corrected chi connectivity index (χ3v) is 3.77. The zero-order chi connectivity index (χ0) is 15.0. The number of hydrogen-bond donors (Lipinski definition) is 0. The van der Waals surface area contributed by atoms with Crippen LogP contribution in [0.15, 0.2) is 42.5 Å². The molecule has 4 heteroatoms. The van der Waals surface area contributed by atoms with Crippen LogP contribution in [0.4, 0.5) is 5.69 Å². The number of rotatable bonds is 3. The molecule has 1 amide bonds. The molecule has 0 spiro atoms. The summed E-state index contributed by atoms with van der Waals surface area (Å²) >= 11 is 0. The van der Waals surface area contributed by atoms with E-state index in [-0.39, 0.29) is 11.7 Å². The fraction of sp³-hybridized carbons (Fsp3) is 0.176. The number of amides is 1. The van der Waals surface area contributed by atoms with Crippen LogP contribution in [0.1, 0.15) is 21.5 Å². The molecule has 0 atom stereocenters. The predicted octanol–water partition coefficient (Wildman–Crippen LogP) is 2.45. The molecule has 1 aliphatic rings. The Morgan fingerprint density at radius 1 is 1.10 bits per heavy atom. The van der Waals surface area contributed by atoms with Crippen LogP contribution < -0.4 is 9.64 Å². The number of carbonyl (C=O) groups is 2. The van der Waals surface area contributed by atoms with Crippen molar-refractivity contribution in [2.45, 2.75) is 6.42 Å². The van der Waals surface area contributed by atoms with Gasteiger partial charge in [-0.3, -0.25) is 9.59 Å². The summed E-state index contributed by atoms with van der Waals surface area (Å²) in [6.07, 6.45) is 0.357. The minimum atomic E-state index is -0.0533. The van der Waals surface area contributed by atoms with Gasteiger partial charge in [-0.15, -0.1) is 0 Å². The van der Waals surface area contributed by atoms with E-state index >= 15 is 0 Å². The summed E-state index contributed by atoms with van der Waals surface area (Å²) in [6, 6.07) is 12.4. The zero-order valence-corrected chi connectivity index (χ0v) is 11.9. The van der Waals surface area contributed by atoms with E-state index in [0.29, 0.717) is 23.3 Å². The van der Waals surface area contributed by atoms with Gasteiger partial charge in [0.1, 0.15) is 5.75 Å². The van der Waals surface area contributed by atoms with Gasteiger partial charge in [0.15, 0.2) is 5.78 Å². The van der Waals surface area contributed by atoms with Gasteiger partial charge in [0.2, 0.25) is 5.91 Å². The minimum absolute atomic E-state index is 0.0533. The van der Waals surface area contributed by atoms with Crippen molar-refractivity contribution in [3.63, 3.8) is 0 Å².